The second kappa shape index (κ2) is 9.14. The molecule has 1 aliphatic rings. The van der Waals surface area contributed by atoms with Crippen LogP contribution in [0.2, 0.25) is 0 Å². The third-order valence-electron chi connectivity index (χ3n) is 3.98. The minimum atomic E-state index is -3.78. The molecule has 0 unspecified atom stereocenters. The third kappa shape index (κ3) is 5.14. The van der Waals surface area contributed by atoms with Gasteiger partial charge in [0.25, 0.3) is 0 Å². The molecule has 0 aliphatic carbocycles. The molecule has 1 fully saturated rings. The highest BCUT2D eigenvalue weighted by molar-refractivity contribution is 7.91. The van der Waals surface area contributed by atoms with Gasteiger partial charge in [-0.3, -0.25) is 0 Å². The highest BCUT2D eigenvalue weighted by Gasteiger charge is 2.48. The number of unbranched alkanes of at least 4 members (excludes halogenated alkanes) is 5. The van der Waals surface area contributed by atoms with Gasteiger partial charge in [-0.05, 0) is 6.42 Å². The summed E-state index contributed by atoms with van der Waals surface area (Å²) in [5.41, 5.74) is -1.61. The number of aliphatic hydroxyl groups is 4. The third-order valence-corrected chi connectivity index (χ3v) is 5.94. The first-order valence-electron chi connectivity index (χ1n) is 7.87. The van der Waals surface area contributed by atoms with Gasteiger partial charge in [0.2, 0.25) is 0 Å². The van der Waals surface area contributed by atoms with Gasteiger partial charge < -0.3 is 25.2 Å². The summed E-state index contributed by atoms with van der Waals surface area (Å²) in [7, 11) is -3.78. The Kier molecular flexibility index (Phi) is 8.23. The van der Waals surface area contributed by atoms with Gasteiger partial charge in [0.15, 0.2) is 15.3 Å². The number of hydrogen-bond donors (Lipinski definition) is 4. The molecule has 132 valence electrons. The SMILES string of the molecule is CCCCCCCCS(=O)(=O)[C@H]1O[C@H](CO)[C@@H](O)[C@H](O)[C@@H]1O. The van der Waals surface area contributed by atoms with Gasteiger partial charge in [0.1, 0.15) is 24.4 Å². The van der Waals surface area contributed by atoms with Crippen LogP contribution in [0.4, 0.5) is 0 Å². The Morgan fingerprint density at radius 1 is 0.909 bits per heavy atom. The van der Waals surface area contributed by atoms with Gasteiger partial charge in [-0.25, -0.2) is 8.42 Å². The average molecular weight is 340 g/mol. The van der Waals surface area contributed by atoms with Crippen molar-refractivity contribution in [2.24, 2.45) is 0 Å². The molecule has 1 saturated heterocycles. The predicted molar refractivity (Wildman–Crippen MR) is 80.9 cm³/mol. The summed E-state index contributed by atoms with van der Waals surface area (Å²) in [6.45, 7) is 1.47. The van der Waals surface area contributed by atoms with Crippen molar-refractivity contribution in [2.45, 2.75) is 75.3 Å². The van der Waals surface area contributed by atoms with E-state index >= 15 is 0 Å². The first kappa shape index (κ1) is 19.8. The largest absolute Gasteiger partial charge is 0.394 e. The van der Waals surface area contributed by atoms with E-state index in [9.17, 15) is 23.7 Å². The van der Waals surface area contributed by atoms with E-state index in [0.29, 0.717) is 6.42 Å². The van der Waals surface area contributed by atoms with Crippen LogP contribution in [-0.2, 0) is 14.6 Å². The van der Waals surface area contributed by atoms with Gasteiger partial charge >= 0.3 is 0 Å². The van der Waals surface area contributed by atoms with Crippen molar-refractivity contribution in [3.8, 4) is 0 Å². The minimum Gasteiger partial charge on any atom is -0.394 e. The number of hydrogen-bond acceptors (Lipinski definition) is 7. The molecule has 0 bridgehead atoms. The van der Waals surface area contributed by atoms with E-state index < -0.39 is 46.3 Å². The molecule has 22 heavy (non-hydrogen) atoms. The van der Waals surface area contributed by atoms with E-state index in [0.717, 1.165) is 32.1 Å². The standard InChI is InChI=1S/C14H28O7S/c1-2-3-4-5-6-7-8-22(19,20)14-13(18)12(17)11(16)10(9-15)21-14/h10-18H,2-9H2,1H3/t10-,11-,12+,13+,14-/m1/s1. The molecule has 1 heterocycles. The van der Waals surface area contributed by atoms with Crippen LogP contribution in [0.3, 0.4) is 0 Å². The molecule has 0 aromatic carbocycles. The van der Waals surface area contributed by atoms with E-state index in [1.165, 1.54) is 0 Å². The fourth-order valence-corrected chi connectivity index (χ4v) is 4.30. The minimum absolute atomic E-state index is 0.151. The summed E-state index contributed by atoms with van der Waals surface area (Å²) in [6.07, 6.45) is -0.615. The van der Waals surface area contributed by atoms with Gasteiger partial charge in [0, 0.05) is 0 Å². The normalized spacial score (nSPS) is 33.0. The maximum atomic E-state index is 12.2. The molecule has 5 atom stereocenters. The molecule has 0 spiro atoms. The highest BCUT2D eigenvalue weighted by atomic mass is 32.2. The number of sulfone groups is 1. The van der Waals surface area contributed by atoms with E-state index in [4.69, 9.17) is 9.84 Å². The lowest BCUT2D eigenvalue weighted by Gasteiger charge is -2.39. The van der Waals surface area contributed by atoms with Crippen molar-refractivity contribution in [3.63, 3.8) is 0 Å². The van der Waals surface area contributed by atoms with Crippen molar-refractivity contribution in [3.05, 3.63) is 0 Å². The molecule has 4 N–H and O–H groups in total. The molecule has 0 saturated carbocycles. The summed E-state index contributed by atoms with van der Waals surface area (Å²) < 4.78 is 29.6. The highest BCUT2D eigenvalue weighted by Crippen LogP contribution is 2.25. The predicted octanol–water partition coefficient (Wildman–Crippen LogP) is -0.438. The molecule has 0 amide bonds. The molecule has 1 rings (SSSR count). The summed E-state index contributed by atoms with van der Waals surface area (Å²) in [6, 6.07) is 0. The number of rotatable bonds is 9. The van der Waals surface area contributed by atoms with Crippen LogP contribution in [0.25, 0.3) is 0 Å². The Bertz CT molecular complexity index is 409. The lowest BCUT2D eigenvalue weighted by Crippen LogP contribution is -2.60. The Morgan fingerprint density at radius 2 is 1.50 bits per heavy atom. The maximum absolute atomic E-state index is 12.2. The summed E-state index contributed by atoms with van der Waals surface area (Å²) in [5, 5.41) is 38.2. The zero-order chi connectivity index (χ0) is 16.8. The van der Waals surface area contributed by atoms with Crippen molar-refractivity contribution in [2.75, 3.05) is 12.4 Å². The van der Waals surface area contributed by atoms with Gasteiger partial charge in [-0.1, -0.05) is 39.0 Å². The fourth-order valence-electron chi connectivity index (χ4n) is 2.56. The molecule has 8 heteroatoms. The monoisotopic (exact) mass is 340 g/mol. The van der Waals surface area contributed by atoms with E-state index in [-0.39, 0.29) is 5.75 Å². The van der Waals surface area contributed by atoms with Crippen molar-refractivity contribution < 1.29 is 33.6 Å². The van der Waals surface area contributed by atoms with Crippen LogP contribution in [0.5, 0.6) is 0 Å². The Labute approximate surface area is 131 Å². The lowest BCUT2D eigenvalue weighted by atomic mass is 10.0. The van der Waals surface area contributed by atoms with Crippen LogP contribution in [0.1, 0.15) is 45.4 Å². The van der Waals surface area contributed by atoms with Gasteiger partial charge in [0.05, 0.1) is 12.4 Å². The van der Waals surface area contributed by atoms with Crippen molar-refractivity contribution >= 4 is 9.84 Å². The smallest absolute Gasteiger partial charge is 0.187 e. The van der Waals surface area contributed by atoms with Crippen LogP contribution in [0.15, 0.2) is 0 Å². The summed E-state index contributed by atoms with van der Waals surface area (Å²) >= 11 is 0. The maximum Gasteiger partial charge on any atom is 0.187 e. The Balaban J connectivity index is 2.55. The van der Waals surface area contributed by atoms with Gasteiger partial charge in [-0.2, -0.15) is 0 Å². The zero-order valence-corrected chi connectivity index (χ0v) is 13.8. The quantitative estimate of drug-likeness (QED) is 0.419. The Morgan fingerprint density at radius 3 is 2.09 bits per heavy atom. The summed E-state index contributed by atoms with van der Waals surface area (Å²) in [5.74, 6) is -0.151. The first-order valence-corrected chi connectivity index (χ1v) is 9.58. The molecule has 0 radical (unpaired) electrons. The average Bonchev–Trinajstić information content (AvgIpc) is 2.48. The van der Waals surface area contributed by atoms with E-state index in [1.54, 1.807) is 0 Å². The van der Waals surface area contributed by atoms with Crippen LogP contribution in [0, 0.1) is 0 Å². The second-order valence-electron chi connectivity index (χ2n) is 5.83. The lowest BCUT2D eigenvalue weighted by molar-refractivity contribution is -0.207. The van der Waals surface area contributed by atoms with Crippen LogP contribution < -0.4 is 0 Å². The zero-order valence-electron chi connectivity index (χ0n) is 13.0. The van der Waals surface area contributed by atoms with Crippen molar-refractivity contribution in [1.29, 1.82) is 0 Å². The topological polar surface area (TPSA) is 124 Å². The van der Waals surface area contributed by atoms with E-state index in [2.05, 4.69) is 6.92 Å². The molecule has 7 nitrogen and oxygen atoms in total. The Hall–Kier alpha value is -0.250. The molecular formula is C14H28O7S. The molecular weight excluding hydrogens is 312 g/mol. The molecule has 0 aromatic heterocycles. The van der Waals surface area contributed by atoms with Gasteiger partial charge in [-0.15, -0.1) is 0 Å². The summed E-state index contributed by atoms with van der Waals surface area (Å²) in [4.78, 5) is 0. The van der Waals surface area contributed by atoms with E-state index in [1.807, 2.05) is 0 Å². The van der Waals surface area contributed by atoms with Crippen molar-refractivity contribution in [1.82, 2.24) is 0 Å². The second-order valence-corrected chi connectivity index (χ2v) is 8.03. The number of aliphatic hydroxyl groups excluding tert-OH is 4. The molecule has 1 aliphatic heterocycles. The molecule has 0 aromatic rings. The van der Waals surface area contributed by atoms with Crippen LogP contribution in [-0.4, -0.2) is 71.1 Å². The first-order chi connectivity index (χ1) is 10.3. The fraction of sp³-hybridized carbons (Fsp3) is 1.00. The number of ether oxygens (including phenoxy) is 1. The van der Waals surface area contributed by atoms with Crippen LogP contribution >= 0.6 is 0 Å².